The summed E-state index contributed by atoms with van der Waals surface area (Å²) in [6.07, 6.45) is 3.11. The van der Waals surface area contributed by atoms with Gasteiger partial charge in [0, 0.05) is 6.61 Å². The van der Waals surface area contributed by atoms with E-state index in [0.717, 1.165) is 6.20 Å². The van der Waals surface area contributed by atoms with Crippen molar-refractivity contribution in [2.75, 3.05) is 6.61 Å². The van der Waals surface area contributed by atoms with Gasteiger partial charge in [-0.15, -0.1) is 0 Å². The zero-order valence-electron chi connectivity index (χ0n) is 10.2. The van der Waals surface area contributed by atoms with E-state index in [1.54, 1.807) is 0 Å². The minimum absolute atomic E-state index is 0.194. The molecular weight excluding hydrogens is 210 g/mol. The van der Waals surface area contributed by atoms with Crippen LogP contribution in [0.2, 0.25) is 18.1 Å². The van der Waals surface area contributed by atoms with Gasteiger partial charge in [-0.05, 0) is 30.6 Å². The van der Waals surface area contributed by atoms with E-state index in [4.69, 9.17) is 4.43 Å². The third-order valence-electron chi connectivity index (χ3n) is 2.78. The van der Waals surface area contributed by atoms with Gasteiger partial charge in [-0.2, -0.15) is 0 Å². The second-order valence-corrected chi connectivity index (χ2v) is 9.88. The van der Waals surface area contributed by atoms with Crippen molar-refractivity contribution in [2.45, 2.75) is 45.3 Å². The van der Waals surface area contributed by atoms with Crippen LogP contribution in [0.15, 0.2) is 12.3 Å². The van der Waals surface area contributed by atoms with E-state index in [0.29, 0.717) is 13.0 Å². The first-order chi connectivity index (χ1) is 6.67. The molecule has 0 radical (unpaired) electrons. The fraction of sp³-hybridized carbons (Fsp3) is 0.800. The summed E-state index contributed by atoms with van der Waals surface area (Å²) >= 11 is 0. The summed E-state index contributed by atoms with van der Waals surface area (Å²) < 4.78 is 5.84. The maximum absolute atomic E-state index is 10.0. The summed E-state index contributed by atoms with van der Waals surface area (Å²) in [5.74, 6) is 0. The molecular formula is C10H21NO3Si. The Morgan fingerprint density at radius 2 is 1.93 bits per heavy atom. The molecule has 0 unspecified atom stereocenters. The van der Waals surface area contributed by atoms with E-state index >= 15 is 0 Å². The van der Waals surface area contributed by atoms with Crippen LogP contribution in [0.5, 0.6) is 0 Å². The first-order valence-electron chi connectivity index (χ1n) is 5.11. The molecule has 0 aliphatic carbocycles. The maximum atomic E-state index is 10.0. The highest BCUT2D eigenvalue weighted by molar-refractivity contribution is 6.74. The van der Waals surface area contributed by atoms with Crippen molar-refractivity contribution in [1.29, 1.82) is 0 Å². The summed E-state index contributed by atoms with van der Waals surface area (Å²) in [6, 6.07) is 0. The quantitative estimate of drug-likeness (QED) is 0.316. The Morgan fingerprint density at radius 1 is 1.40 bits per heavy atom. The van der Waals surface area contributed by atoms with Gasteiger partial charge in [0.05, 0.1) is 4.92 Å². The Bertz CT molecular complexity index is 244. The largest absolute Gasteiger partial charge is 0.417 e. The van der Waals surface area contributed by atoms with Crippen LogP contribution in [0.3, 0.4) is 0 Å². The predicted molar refractivity (Wildman–Crippen MR) is 63.9 cm³/mol. The molecule has 0 amide bonds. The normalized spacial score (nSPS) is 13.4. The molecule has 0 rings (SSSR count). The van der Waals surface area contributed by atoms with E-state index < -0.39 is 13.2 Å². The first kappa shape index (κ1) is 14.3. The van der Waals surface area contributed by atoms with Gasteiger partial charge >= 0.3 is 0 Å². The average Bonchev–Trinajstić information content (AvgIpc) is 2.00. The van der Waals surface area contributed by atoms with Crippen molar-refractivity contribution in [3.8, 4) is 0 Å². The van der Waals surface area contributed by atoms with Crippen LogP contribution < -0.4 is 0 Å². The van der Waals surface area contributed by atoms with Crippen molar-refractivity contribution in [2.24, 2.45) is 0 Å². The van der Waals surface area contributed by atoms with Crippen LogP contribution in [-0.4, -0.2) is 19.8 Å². The highest BCUT2D eigenvalue weighted by atomic mass is 28.4. The molecule has 5 heteroatoms. The molecule has 0 saturated carbocycles. The molecule has 88 valence electrons. The molecule has 0 bridgehead atoms. The van der Waals surface area contributed by atoms with Crippen LogP contribution in [0, 0.1) is 10.1 Å². The Labute approximate surface area is 92.6 Å². The second-order valence-electron chi connectivity index (χ2n) is 5.07. The van der Waals surface area contributed by atoms with Crippen LogP contribution in [0.4, 0.5) is 0 Å². The van der Waals surface area contributed by atoms with Gasteiger partial charge in [-0.3, -0.25) is 10.1 Å². The van der Waals surface area contributed by atoms with Crippen LogP contribution >= 0.6 is 0 Å². The molecule has 0 aromatic rings. The summed E-state index contributed by atoms with van der Waals surface area (Å²) in [4.78, 5) is 9.55. The molecule has 4 nitrogen and oxygen atoms in total. The molecule has 0 fully saturated rings. The number of nitro groups is 1. The van der Waals surface area contributed by atoms with E-state index in [1.165, 1.54) is 6.08 Å². The molecule has 15 heavy (non-hydrogen) atoms. The molecule has 0 heterocycles. The van der Waals surface area contributed by atoms with Crippen molar-refractivity contribution in [3.05, 3.63) is 22.4 Å². The standard InChI is InChI=1S/C10H21NO3Si/c1-10(2,3)15(4,5)14-9-7-6-8-11(12)13/h6,8H,7,9H2,1-5H3/b8-6+. The van der Waals surface area contributed by atoms with Crippen molar-refractivity contribution in [3.63, 3.8) is 0 Å². The SMILES string of the molecule is CC(C)(C)[Si](C)(C)OCC/C=C/[N+](=O)[O-]. The van der Waals surface area contributed by atoms with Crippen molar-refractivity contribution >= 4 is 8.32 Å². The van der Waals surface area contributed by atoms with Gasteiger partial charge in [0.1, 0.15) is 0 Å². The van der Waals surface area contributed by atoms with Crippen molar-refractivity contribution in [1.82, 2.24) is 0 Å². The summed E-state index contributed by atoms with van der Waals surface area (Å²) in [6.45, 7) is 11.4. The molecule has 0 saturated heterocycles. The minimum Gasteiger partial charge on any atom is -0.417 e. The third-order valence-corrected chi connectivity index (χ3v) is 7.32. The number of nitrogens with zero attached hydrogens (tertiary/aromatic N) is 1. The zero-order chi connectivity index (χ0) is 12.1. The molecule has 0 aromatic carbocycles. The van der Waals surface area contributed by atoms with E-state index in [1.807, 2.05) is 0 Å². The number of hydrogen-bond acceptors (Lipinski definition) is 3. The lowest BCUT2D eigenvalue weighted by Gasteiger charge is -2.36. The Morgan fingerprint density at radius 3 is 2.33 bits per heavy atom. The summed E-state index contributed by atoms with van der Waals surface area (Å²) in [5, 5.41) is 10.2. The number of rotatable bonds is 5. The molecule has 0 N–H and O–H groups in total. The molecule has 0 spiro atoms. The first-order valence-corrected chi connectivity index (χ1v) is 8.02. The van der Waals surface area contributed by atoms with Gasteiger partial charge < -0.3 is 4.43 Å². The fourth-order valence-electron chi connectivity index (χ4n) is 0.759. The van der Waals surface area contributed by atoms with Gasteiger partial charge in [-0.1, -0.05) is 20.8 Å². The minimum atomic E-state index is -1.69. The summed E-state index contributed by atoms with van der Waals surface area (Å²) in [5.41, 5.74) is 0. The Balaban J connectivity index is 3.91. The Hall–Kier alpha value is -0.683. The highest BCUT2D eigenvalue weighted by Gasteiger charge is 2.36. The Kier molecular flexibility index (Phi) is 5.17. The lowest BCUT2D eigenvalue weighted by Crippen LogP contribution is -2.40. The van der Waals surface area contributed by atoms with E-state index in [9.17, 15) is 10.1 Å². The monoisotopic (exact) mass is 231 g/mol. The van der Waals surface area contributed by atoms with Gasteiger partial charge in [-0.25, -0.2) is 0 Å². The zero-order valence-corrected chi connectivity index (χ0v) is 11.2. The third kappa shape index (κ3) is 5.69. The topological polar surface area (TPSA) is 52.4 Å². The van der Waals surface area contributed by atoms with Crippen LogP contribution in [0.1, 0.15) is 27.2 Å². The van der Waals surface area contributed by atoms with Crippen molar-refractivity contribution < 1.29 is 9.35 Å². The second kappa shape index (κ2) is 5.41. The lowest BCUT2D eigenvalue weighted by atomic mass is 10.2. The average molecular weight is 231 g/mol. The van der Waals surface area contributed by atoms with Gasteiger partial charge in [0.25, 0.3) is 0 Å². The smallest absolute Gasteiger partial charge is 0.230 e. The molecule has 0 aromatic heterocycles. The molecule has 0 atom stereocenters. The van der Waals surface area contributed by atoms with Gasteiger partial charge in [0.2, 0.25) is 6.20 Å². The molecule has 0 aliphatic heterocycles. The van der Waals surface area contributed by atoms with Crippen LogP contribution in [-0.2, 0) is 4.43 Å². The number of hydrogen-bond donors (Lipinski definition) is 0. The maximum Gasteiger partial charge on any atom is 0.230 e. The van der Waals surface area contributed by atoms with E-state index in [2.05, 4.69) is 33.9 Å². The van der Waals surface area contributed by atoms with Crippen LogP contribution in [0.25, 0.3) is 0 Å². The lowest BCUT2D eigenvalue weighted by molar-refractivity contribution is -0.402. The van der Waals surface area contributed by atoms with E-state index in [-0.39, 0.29) is 5.04 Å². The highest BCUT2D eigenvalue weighted by Crippen LogP contribution is 2.36. The summed E-state index contributed by atoms with van der Waals surface area (Å²) in [7, 11) is -1.69. The fourth-order valence-corrected chi connectivity index (χ4v) is 1.82. The van der Waals surface area contributed by atoms with Gasteiger partial charge in [0.15, 0.2) is 8.32 Å². The predicted octanol–water partition coefficient (Wildman–Crippen LogP) is 3.19. The molecule has 0 aliphatic rings.